The van der Waals surface area contributed by atoms with Crippen LogP contribution in [-0.2, 0) is 5.54 Å². The van der Waals surface area contributed by atoms with Crippen LogP contribution in [-0.4, -0.2) is 6.26 Å². The summed E-state index contributed by atoms with van der Waals surface area (Å²) >= 11 is 1.22. The van der Waals surface area contributed by atoms with E-state index in [1.807, 2.05) is 0 Å². The summed E-state index contributed by atoms with van der Waals surface area (Å²) in [7, 11) is 0. The van der Waals surface area contributed by atoms with Gasteiger partial charge in [0.1, 0.15) is 11.6 Å². The van der Waals surface area contributed by atoms with Crippen LogP contribution in [0.1, 0.15) is 37.7 Å². The van der Waals surface area contributed by atoms with Crippen molar-refractivity contribution < 1.29 is 8.78 Å². The van der Waals surface area contributed by atoms with Crippen molar-refractivity contribution in [3.63, 3.8) is 0 Å². The highest BCUT2D eigenvalue weighted by atomic mass is 32.2. The van der Waals surface area contributed by atoms with Crippen LogP contribution >= 0.6 is 11.8 Å². The molecule has 0 aromatic heterocycles. The average Bonchev–Trinajstić information content (AvgIpc) is 2.32. The number of rotatable bonds is 2. The van der Waals surface area contributed by atoms with Crippen molar-refractivity contribution >= 4 is 11.8 Å². The fourth-order valence-corrected chi connectivity index (χ4v) is 3.05. The third-order valence-corrected chi connectivity index (χ3v) is 4.24. The molecule has 94 valence electrons. The maximum Gasteiger partial charge on any atom is 0.141 e. The summed E-state index contributed by atoms with van der Waals surface area (Å²) in [5.74, 6) is -0.746. The molecule has 0 amide bonds. The molecule has 1 fully saturated rings. The molecule has 1 saturated carbocycles. The third-order valence-electron chi connectivity index (χ3n) is 3.51. The molecule has 1 nitrogen and oxygen atoms in total. The van der Waals surface area contributed by atoms with Gasteiger partial charge in [0.25, 0.3) is 0 Å². The Kier molecular flexibility index (Phi) is 3.73. The highest BCUT2D eigenvalue weighted by Crippen LogP contribution is 2.38. The molecule has 4 heteroatoms. The molecule has 0 radical (unpaired) electrons. The minimum absolute atomic E-state index is 0.343. The molecule has 0 saturated heterocycles. The Morgan fingerprint density at radius 1 is 1.18 bits per heavy atom. The summed E-state index contributed by atoms with van der Waals surface area (Å²) in [6, 6.07) is 2.50. The van der Waals surface area contributed by atoms with Crippen molar-refractivity contribution in [2.24, 2.45) is 5.73 Å². The normalized spacial score (nSPS) is 19.3. The summed E-state index contributed by atoms with van der Waals surface area (Å²) < 4.78 is 27.7. The van der Waals surface area contributed by atoms with Gasteiger partial charge < -0.3 is 5.73 Å². The van der Waals surface area contributed by atoms with Crippen LogP contribution in [0.3, 0.4) is 0 Å². The van der Waals surface area contributed by atoms with Crippen LogP contribution in [0.5, 0.6) is 0 Å². The van der Waals surface area contributed by atoms with Gasteiger partial charge in [-0.1, -0.05) is 19.3 Å². The van der Waals surface area contributed by atoms with E-state index in [1.54, 1.807) is 6.26 Å². The lowest BCUT2D eigenvalue weighted by Gasteiger charge is -2.34. The molecule has 0 heterocycles. The summed E-state index contributed by atoms with van der Waals surface area (Å²) in [4.78, 5) is 0.343. The van der Waals surface area contributed by atoms with E-state index in [9.17, 15) is 8.78 Å². The van der Waals surface area contributed by atoms with Crippen LogP contribution in [0.4, 0.5) is 8.78 Å². The van der Waals surface area contributed by atoms with Crippen LogP contribution in [0, 0.1) is 11.6 Å². The summed E-state index contributed by atoms with van der Waals surface area (Å²) in [5.41, 5.74) is 5.92. The first-order chi connectivity index (χ1) is 8.07. The molecule has 17 heavy (non-hydrogen) atoms. The summed E-state index contributed by atoms with van der Waals surface area (Å²) in [5, 5.41) is 0. The Bertz CT molecular complexity index is 414. The molecule has 1 aromatic carbocycles. The van der Waals surface area contributed by atoms with Crippen molar-refractivity contribution in [3.8, 4) is 0 Å². The lowest BCUT2D eigenvalue weighted by molar-refractivity contribution is 0.290. The van der Waals surface area contributed by atoms with Crippen LogP contribution < -0.4 is 5.73 Å². The zero-order chi connectivity index (χ0) is 12.5. The van der Waals surface area contributed by atoms with E-state index in [2.05, 4.69) is 0 Å². The molecule has 1 aromatic rings. The van der Waals surface area contributed by atoms with Gasteiger partial charge in [0, 0.05) is 16.0 Å². The second kappa shape index (κ2) is 4.94. The van der Waals surface area contributed by atoms with Crippen molar-refractivity contribution in [2.45, 2.75) is 42.5 Å². The molecule has 0 spiro atoms. The number of hydrogen-bond acceptors (Lipinski definition) is 2. The first-order valence-electron chi connectivity index (χ1n) is 5.89. The SMILES string of the molecule is CSc1cc(F)cc(C2(N)CCCCC2)c1F. The van der Waals surface area contributed by atoms with Gasteiger partial charge >= 0.3 is 0 Å². The molecule has 2 rings (SSSR count). The van der Waals surface area contributed by atoms with Crippen LogP contribution in [0.15, 0.2) is 17.0 Å². The Morgan fingerprint density at radius 3 is 2.41 bits per heavy atom. The fourth-order valence-electron chi connectivity index (χ4n) is 2.53. The smallest absolute Gasteiger partial charge is 0.141 e. The second-order valence-electron chi connectivity index (χ2n) is 4.69. The predicted molar refractivity (Wildman–Crippen MR) is 67.1 cm³/mol. The topological polar surface area (TPSA) is 26.0 Å². The monoisotopic (exact) mass is 257 g/mol. The van der Waals surface area contributed by atoms with E-state index in [0.29, 0.717) is 10.5 Å². The maximum atomic E-state index is 14.2. The van der Waals surface area contributed by atoms with Gasteiger partial charge in [0.05, 0.1) is 0 Å². The van der Waals surface area contributed by atoms with E-state index in [1.165, 1.54) is 23.9 Å². The minimum atomic E-state index is -0.686. The number of nitrogens with two attached hydrogens (primary N) is 1. The highest BCUT2D eigenvalue weighted by molar-refractivity contribution is 7.98. The average molecular weight is 257 g/mol. The highest BCUT2D eigenvalue weighted by Gasteiger charge is 2.33. The first kappa shape index (κ1) is 12.8. The molecule has 2 N–H and O–H groups in total. The van der Waals surface area contributed by atoms with Crippen LogP contribution in [0.2, 0.25) is 0 Å². The molecule has 0 bridgehead atoms. The zero-order valence-corrected chi connectivity index (χ0v) is 10.7. The standard InChI is InChI=1S/C13H17F2NS/c1-17-11-8-9(14)7-10(12(11)15)13(16)5-3-2-4-6-13/h7-8H,2-6,16H2,1H3. The second-order valence-corrected chi connectivity index (χ2v) is 5.53. The van der Waals surface area contributed by atoms with Gasteiger partial charge in [-0.3, -0.25) is 0 Å². The van der Waals surface area contributed by atoms with Gasteiger partial charge in [-0.2, -0.15) is 0 Å². The molecule has 1 aliphatic carbocycles. The predicted octanol–water partition coefficient (Wildman–Crippen LogP) is 3.80. The fraction of sp³-hybridized carbons (Fsp3) is 0.538. The van der Waals surface area contributed by atoms with E-state index in [0.717, 1.165) is 32.1 Å². The Morgan fingerprint density at radius 2 is 1.82 bits per heavy atom. The lowest BCUT2D eigenvalue weighted by atomic mass is 9.77. The van der Waals surface area contributed by atoms with Gasteiger partial charge in [-0.25, -0.2) is 8.78 Å². The summed E-state index contributed by atoms with van der Waals surface area (Å²) in [6.07, 6.45) is 6.32. The molecule has 1 aliphatic rings. The van der Waals surface area contributed by atoms with Gasteiger partial charge in [-0.05, 0) is 31.2 Å². The molecule has 0 atom stereocenters. The van der Waals surface area contributed by atoms with Crippen molar-refractivity contribution in [1.82, 2.24) is 0 Å². The largest absolute Gasteiger partial charge is 0.321 e. The third kappa shape index (κ3) is 2.47. The van der Waals surface area contributed by atoms with E-state index in [4.69, 9.17) is 5.73 Å². The van der Waals surface area contributed by atoms with Crippen molar-refractivity contribution in [3.05, 3.63) is 29.3 Å². The Labute approximate surface area is 105 Å². The van der Waals surface area contributed by atoms with Crippen molar-refractivity contribution in [2.75, 3.05) is 6.26 Å². The number of hydrogen-bond donors (Lipinski definition) is 1. The number of thioether (sulfide) groups is 1. The van der Waals surface area contributed by atoms with E-state index in [-0.39, 0.29) is 5.82 Å². The molecule has 0 unspecified atom stereocenters. The summed E-state index contributed by atoms with van der Waals surface area (Å²) in [6.45, 7) is 0. The maximum absolute atomic E-state index is 14.2. The Hall–Kier alpha value is -0.610. The molecular formula is C13H17F2NS. The Balaban J connectivity index is 2.46. The van der Waals surface area contributed by atoms with Gasteiger partial charge in [0.2, 0.25) is 0 Å². The number of benzene rings is 1. The quantitative estimate of drug-likeness (QED) is 0.815. The molecular weight excluding hydrogens is 240 g/mol. The lowest BCUT2D eigenvalue weighted by Crippen LogP contribution is -2.39. The van der Waals surface area contributed by atoms with Crippen LogP contribution in [0.25, 0.3) is 0 Å². The molecule has 0 aliphatic heterocycles. The zero-order valence-electron chi connectivity index (χ0n) is 9.93. The van der Waals surface area contributed by atoms with Gasteiger partial charge in [0.15, 0.2) is 0 Å². The van der Waals surface area contributed by atoms with Gasteiger partial charge in [-0.15, -0.1) is 11.8 Å². The van der Waals surface area contributed by atoms with E-state index >= 15 is 0 Å². The number of halogens is 2. The van der Waals surface area contributed by atoms with Crippen molar-refractivity contribution in [1.29, 1.82) is 0 Å². The van der Waals surface area contributed by atoms with E-state index < -0.39 is 11.4 Å². The first-order valence-corrected chi connectivity index (χ1v) is 7.12. The minimum Gasteiger partial charge on any atom is -0.321 e.